The van der Waals surface area contributed by atoms with Crippen molar-refractivity contribution in [2.75, 3.05) is 20.2 Å². The summed E-state index contributed by atoms with van der Waals surface area (Å²) in [6, 6.07) is 0. The summed E-state index contributed by atoms with van der Waals surface area (Å²) in [7, 11) is 0. The van der Waals surface area contributed by atoms with E-state index in [-0.39, 0.29) is 18.2 Å². The van der Waals surface area contributed by atoms with Gasteiger partial charge in [0.15, 0.2) is 19.9 Å². The zero-order valence-electron chi connectivity index (χ0n) is 28.5. The number of ether oxygens (including phenoxy) is 4. The van der Waals surface area contributed by atoms with Crippen molar-refractivity contribution in [3.05, 3.63) is 0 Å². The summed E-state index contributed by atoms with van der Waals surface area (Å²) >= 11 is 0. The summed E-state index contributed by atoms with van der Waals surface area (Å²) in [5.74, 6) is 0.669. The van der Waals surface area contributed by atoms with E-state index in [0.717, 1.165) is 32.1 Å². The second-order valence-electron chi connectivity index (χ2n) is 13.0. The van der Waals surface area contributed by atoms with Crippen LogP contribution in [0.5, 0.6) is 0 Å². The third-order valence-corrected chi connectivity index (χ3v) is 9.05. The lowest BCUT2D eigenvalue weighted by Crippen LogP contribution is -2.33. The van der Waals surface area contributed by atoms with Crippen LogP contribution < -0.4 is 0 Å². The molecule has 42 heavy (non-hydrogen) atoms. The van der Waals surface area contributed by atoms with Crippen LogP contribution in [0, 0.1) is 11.8 Å². The summed E-state index contributed by atoms with van der Waals surface area (Å²) in [5, 5.41) is 0. The van der Waals surface area contributed by atoms with Crippen molar-refractivity contribution in [2.24, 2.45) is 11.8 Å². The predicted molar refractivity (Wildman–Crippen MR) is 176 cm³/mol. The lowest BCUT2D eigenvalue weighted by atomic mass is 9.92. The largest absolute Gasteiger partial charge is 0.465 e. The Morgan fingerprint density at radius 3 is 1.40 bits per heavy atom. The van der Waals surface area contributed by atoms with E-state index >= 15 is 0 Å². The molecular formula is C37H72O5. The molecule has 0 amide bonds. The standard InChI is InChI=1S/C37H72O5/c1-4-7-10-13-14-17-21-26-31-40-36(38)34(27-22-12-9-6-3)28-23-19-15-16-20-25-30-35(29-24-18-11-8-5-2)37-41-32-39-33-42-37/h34-35,37H,4-33H2,1-3H3. The monoisotopic (exact) mass is 597 g/mol. The molecule has 0 bridgehead atoms. The molecule has 2 atom stereocenters. The Balaban J connectivity index is 2.22. The topological polar surface area (TPSA) is 54.0 Å². The van der Waals surface area contributed by atoms with Crippen LogP contribution in [0.3, 0.4) is 0 Å². The first-order valence-corrected chi connectivity index (χ1v) is 18.7. The van der Waals surface area contributed by atoms with Crippen molar-refractivity contribution < 1.29 is 23.7 Å². The number of esters is 1. The van der Waals surface area contributed by atoms with Gasteiger partial charge in [-0.2, -0.15) is 0 Å². The molecule has 0 N–H and O–H groups in total. The second kappa shape index (κ2) is 30.4. The number of rotatable bonds is 31. The van der Waals surface area contributed by atoms with Gasteiger partial charge in [-0.05, 0) is 32.1 Å². The van der Waals surface area contributed by atoms with E-state index in [1.807, 2.05) is 0 Å². The van der Waals surface area contributed by atoms with Crippen molar-refractivity contribution in [3.63, 3.8) is 0 Å². The first-order chi connectivity index (χ1) is 20.7. The maximum Gasteiger partial charge on any atom is 0.308 e. The number of carbonyl (C=O) groups is 1. The molecule has 0 aromatic rings. The van der Waals surface area contributed by atoms with E-state index in [0.29, 0.717) is 26.1 Å². The highest BCUT2D eigenvalue weighted by Gasteiger charge is 2.25. The number of hydrogen-bond acceptors (Lipinski definition) is 5. The molecule has 1 aliphatic heterocycles. The Kier molecular flexibility index (Phi) is 28.5. The quantitative estimate of drug-likeness (QED) is 0.0588. The van der Waals surface area contributed by atoms with Crippen molar-refractivity contribution >= 4 is 5.97 Å². The lowest BCUT2D eigenvalue weighted by Gasteiger charge is -2.30. The number of carbonyl (C=O) groups excluding carboxylic acids is 1. The van der Waals surface area contributed by atoms with Crippen LogP contribution >= 0.6 is 0 Å². The molecule has 0 aromatic carbocycles. The highest BCUT2D eigenvalue weighted by Crippen LogP contribution is 2.27. The Morgan fingerprint density at radius 1 is 0.548 bits per heavy atom. The number of unbranched alkanes of at least 4 members (excludes halogenated alkanes) is 19. The zero-order valence-corrected chi connectivity index (χ0v) is 28.5. The van der Waals surface area contributed by atoms with Gasteiger partial charge in [0.25, 0.3) is 0 Å². The predicted octanol–water partition coefficient (Wildman–Crippen LogP) is 11.7. The second-order valence-corrected chi connectivity index (χ2v) is 13.0. The molecule has 0 spiro atoms. The summed E-state index contributed by atoms with van der Waals surface area (Å²) in [6.07, 6.45) is 33.4. The van der Waals surface area contributed by atoms with E-state index in [9.17, 15) is 4.79 Å². The minimum absolute atomic E-state index is 0.0766. The average Bonchev–Trinajstić information content (AvgIpc) is 3.01. The van der Waals surface area contributed by atoms with E-state index in [4.69, 9.17) is 18.9 Å². The molecule has 1 fully saturated rings. The van der Waals surface area contributed by atoms with Gasteiger partial charge in [-0.1, -0.05) is 162 Å². The summed E-state index contributed by atoms with van der Waals surface area (Å²) < 4.78 is 22.6. The van der Waals surface area contributed by atoms with Crippen LogP contribution in [0.4, 0.5) is 0 Å². The first kappa shape index (κ1) is 39.4. The smallest absolute Gasteiger partial charge is 0.308 e. The summed E-state index contributed by atoms with van der Waals surface area (Å²) in [5.41, 5.74) is 0. The van der Waals surface area contributed by atoms with Gasteiger partial charge in [0.1, 0.15) is 0 Å². The Bertz CT molecular complexity index is 562. The van der Waals surface area contributed by atoms with Gasteiger partial charge in [-0.25, -0.2) is 0 Å². The van der Waals surface area contributed by atoms with Crippen LogP contribution in [0.1, 0.15) is 194 Å². The minimum atomic E-state index is -0.0884. The maximum absolute atomic E-state index is 12.9. The van der Waals surface area contributed by atoms with Gasteiger partial charge in [0.05, 0.1) is 12.5 Å². The Morgan fingerprint density at radius 2 is 0.929 bits per heavy atom. The molecule has 1 saturated heterocycles. The SMILES string of the molecule is CCCCCCCCCCOC(=O)C(CCCCCC)CCCCCCCCC(CCCCCCC)C1OCOCO1. The maximum atomic E-state index is 12.9. The Hall–Kier alpha value is -0.650. The summed E-state index contributed by atoms with van der Waals surface area (Å²) in [4.78, 5) is 12.9. The van der Waals surface area contributed by atoms with Crippen molar-refractivity contribution in [1.82, 2.24) is 0 Å². The van der Waals surface area contributed by atoms with E-state index in [1.165, 1.54) is 141 Å². The normalized spacial score (nSPS) is 15.6. The number of hydrogen-bond donors (Lipinski definition) is 0. The van der Waals surface area contributed by atoms with Gasteiger partial charge in [-0.3, -0.25) is 4.79 Å². The molecule has 0 radical (unpaired) electrons. The van der Waals surface area contributed by atoms with Crippen LogP contribution in [-0.2, 0) is 23.7 Å². The lowest BCUT2D eigenvalue weighted by molar-refractivity contribution is -0.315. The van der Waals surface area contributed by atoms with E-state index in [2.05, 4.69) is 20.8 Å². The highest BCUT2D eigenvalue weighted by atomic mass is 16.8. The van der Waals surface area contributed by atoms with Gasteiger partial charge in [-0.15, -0.1) is 0 Å². The van der Waals surface area contributed by atoms with Gasteiger partial charge >= 0.3 is 5.97 Å². The van der Waals surface area contributed by atoms with Crippen LogP contribution in [-0.4, -0.2) is 32.5 Å². The highest BCUT2D eigenvalue weighted by molar-refractivity contribution is 5.72. The minimum Gasteiger partial charge on any atom is -0.465 e. The third-order valence-electron chi connectivity index (χ3n) is 9.05. The molecule has 0 aliphatic carbocycles. The van der Waals surface area contributed by atoms with E-state index < -0.39 is 0 Å². The molecule has 1 aliphatic rings. The molecule has 2 unspecified atom stereocenters. The fourth-order valence-electron chi connectivity index (χ4n) is 6.24. The molecular weight excluding hydrogens is 524 g/mol. The average molecular weight is 597 g/mol. The van der Waals surface area contributed by atoms with Crippen molar-refractivity contribution in [1.29, 1.82) is 0 Å². The van der Waals surface area contributed by atoms with Gasteiger partial charge < -0.3 is 18.9 Å². The molecule has 0 aromatic heterocycles. The Labute approximate surface area is 261 Å². The van der Waals surface area contributed by atoms with Crippen LogP contribution in [0.25, 0.3) is 0 Å². The first-order valence-electron chi connectivity index (χ1n) is 18.7. The molecule has 5 heteroatoms. The fraction of sp³-hybridized carbons (Fsp3) is 0.973. The molecule has 1 heterocycles. The van der Waals surface area contributed by atoms with Crippen molar-refractivity contribution in [2.45, 2.75) is 200 Å². The molecule has 0 saturated carbocycles. The van der Waals surface area contributed by atoms with Gasteiger partial charge in [0, 0.05) is 5.92 Å². The van der Waals surface area contributed by atoms with Crippen LogP contribution in [0.2, 0.25) is 0 Å². The fourth-order valence-corrected chi connectivity index (χ4v) is 6.24. The van der Waals surface area contributed by atoms with Gasteiger partial charge in [0.2, 0.25) is 0 Å². The van der Waals surface area contributed by atoms with Crippen molar-refractivity contribution in [3.8, 4) is 0 Å². The molecule has 5 nitrogen and oxygen atoms in total. The van der Waals surface area contributed by atoms with E-state index in [1.54, 1.807) is 0 Å². The zero-order chi connectivity index (χ0) is 30.4. The summed E-state index contributed by atoms with van der Waals surface area (Å²) in [6.45, 7) is 8.12. The third kappa shape index (κ3) is 22.8. The van der Waals surface area contributed by atoms with Crippen LogP contribution in [0.15, 0.2) is 0 Å². The molecule has 1 rings (SSSR count). The molecule has 250 valence electrons.